The summed E-state index contributed by atoms with van der Waals surface area (Å²) in [6, 6.07) is 18.0. The maximum atomic E-state index is 12.9. The lowest BCUT2D eigenvalue weighted by Crippen LogP contribution is -2.29. The topological polar surface area (TPSA) is 176 Å². The van der Waals surface area contributed by atoms with Crippen LogP contribution in [0.25, 0.3) is 12.2 Å². The van der Waals surface area contributed by atoms with Crippen LogP contribution in [0.4, 0.5) is 37.7 Å². The van der Waals surface area contributed by atoms with Gasteiger partial charge in [-0.25, -0.2) is 9.59 Å². The van der Waals surface area contributed by atoms with Crippen molar-refractivity contribution in [1.29, 1.82) is 0 Å². The Morgan fingerprint density at radius 1 is 0.549 bits per heavy atom. The zero-order valence-electron chi connectivity index (χ0n) is 39.7. The van der Waals surface area contributed by atoms with Crippen molar-refractivity contribution >= 4 is 47.4 Å². The molecule has 0 heterocycles. The number of nitrogen functional groups attached to an aromatic ring is 2. The van der Waals surface area contributed by atoms with E-state index in [1.165, 1.54) is 24.3 Å². The molecule has 0 spiro atoms. The average molecular weight is 1000 g/mol. The Hall–Kier alpha value is -5.88. The molecule has 0 atom stereocenters. The molecule has 0 bridgehead atoms. The first kappa shape index (κ1) is 56.0. The zero-order chi connectivity index (χ0) is 51.2. The van der Waals surface area contributed by atoms with E-state index >= 15 is 0 Å². The Morgan fingerprint density at radius 2 is 0.958 bits per heavy atom. The minimum absolute atomic E-state index is 0.0310. The number of ether oxygens (including phenoxy) is 6. The maximum absolute atomic E-state index is 12.9. The molecule has 0 amide bonds. The van der Waals surface area contributed by atoms with E-state index in [0.29, 0.717) is 130 Å². The van der Waals surface area contributed by atoms with Crippen molar-refractivity contribution in [3.05, 3.63) is 95.6 Å². The van der Waals surface area contributed by atoms with Gasteiger partial charge in [0, 0.05) is 49.6 Å². The van der Waals surface area contributed by atoms with Gasteiger partial charge in [-0.2, -0.15) is 26.3 Å². The molecule has 0 unspecified atom stereocenters. The molecule has 3 aromatic rings. The predicted molar refractivity (Wildman–Crippen MR) is 255 cm³/mol. The van der Waals surface area contributed by atoms with Crippen LogP contribution < -0.4 is 20.9 Å². The number of alkyl halides is 6. The summed E-state index contributed by atoms with van der Waals surface area (Å²) in [5, 5.41) is 0. The SMILES string of the molecule is Nc1ccc(N)c(C(COC(=O)C=Cc2ccc(OC(=O)C3CCC(OCCCCCC(F)(F)F)CC3)cc2)COC(=O)C=Cc2ccc(OC(=O)C3CCC(OCCCCCC(F)(F)F)CC3)cc2)c1. The number of hydrogen-bond acceptors (Lipinski definition) is 12. The molecule has 2 aliphatic rings. The van der Waals surface area contributed by atoms with Crippen LogP contribution in [0.2, 0.25) is 0 Å². The van der Waals surface area contributed by atoms with Gasteiger partial charge < -0.3 is 39.9 Å². The Balaban J connectivity index is 1.00. The number of hydrogen-bond donors (Lipinski definition) is 2. The molecular weight excluding hydrogens is 939 g/mol. The molecule has 0 radical (unpaired) electrons. The summed E-state index contributed by atoms with van der Waals surface area (Å²) >= 11 is 0. The predicted octanol–water partition coefficient (Wildman–Crippen LogP) is 11.7. The lowest BCUT2D eigenvalue weighted by molar-refractivity contribution is -0.142. The van der Waals surface area contributed by atoms with Crippen LogP contribution in [-0.4, -0.2) is 74.9 Å². The highest BCUT2D eigenvalue weighted by molar-refractivity contribution is 5.88. The highest BCUT2D eigenvalue weighted by atomic mass is 19.4. The first-order valence-electron chi connectivity index (χ1n) is 24.2. The van der Waals surface area contributed by atoms with Gasteiger partial charge in [-0.3, -0.25) is 9.59 Å². The molecule has 0 saturated heterocycles. The van der Waals surface area contributed by atoms with Gasteiger partial charge in [-0.1, -0.05) is 37.1 Å². The number of benzene rings is 3. The fraction of sp³-hybridized carbons (Fsp3) is 0.509. The van der Waals surface area contributed by atoms with Gasteiger partial charge >= 0.3 is 36.2 Å². The molecule has 5 rings (SSSR count). The van der Waals surface area contributed by atoms with Gasteiger partial charge in [-0.05, 0) is 148 Å². The van der Waals surface area contributed by atoms with Gasteiger partial charge in [0.05, 0.1) is 30.0 Å². The first-order chi connectivity index (χ1) is 33.9. The standard InChI is InChI=1S/C53H64F6N2O10/c54-52(55,56)29-3-1-5-31-66-42-22-13-38(14-23-42)50(64)70-44-18-7-36(8-19-44)11-27-48(62)68-34-40(46-33-41(60)17-26-47(46)61)35-69-49(63)28-12-37-9-20-45(21-10-37)71-51(65)39-15-24-43(25-16-39)67-32-6-2-4-30-53(57,58)59/h7-12,17-21,26-28,33,38-40,42-43H,1-6,13-16,22-25,29-32,34-35,60-61H2. The fourth-order valence-electron chi connectivity index (χ4n) is 8.30. The molecule has 2 saturated carbocycles. The Morgan fingerprint density at radius 3 is 1.35 bits per heavy atom. The molecule has 0 aromatic heterocycles. The quantitative estimate of drug-likeness (QED) is 0.0205. The maximum Gasteiger partial charge on any atom is 0.389 e. The molecule has 4 N–H and O–H groups in total. The average Bonchev–Trinajstić information content (AvgIpc) is 3.33. The Labute approximate surface area is 410 Å². The number of rotatable bonds is 25. The van der Waals surface area contributed by atoms with E-state index in [0.717, 1.165) is 0 Å². The highest BCUT2D eigenvalue weighted by Gasteiger charge is 2.31. The molecule has 2 aliphatic carbocycles. The molecule has 3 aromatic carbocycles. The molecular formula is C53H64F6N2O10. The van der Waals surface area contributed by atoms with Crippen LogP contribution >= 0.6 is 0 Å². The summed E-state index contributed by atoms with van der Waals surface area (Å²) in [5.41, 5.74) is 14.8. The summed E-state index contributed by atoms with van der Waals surface area (Å²) in [7, 11) is 0. The summed E-state index contributed by atoms with van der Waals surface area (Å²) in [6.07, 6.45) is 2.79. The van der Waals surface area contributed by atoms with Crippen LogP contribution in [0, 0.1) is 11.8 Å². The van der Waals surface area contributed by atoms with Gasteiger partial charge in [0.2, 0.25) is 0 Å². The summed E-state index contributed by atoms with van der Waals surface area (Å²) in [4.78, 5) is 51.4. The van der Waals surface area contributed by atoms with Crippen molar-refractivity contribution in [1.82, 2.24) is 0 Å². The van der Waals surface area contributed by atoms with E-state index in [9.17, 15) is 45.5 Å². The molecule has 12 nitrogen and oxygen atoms in total. The van der Waals surface area contributed by atoms with Crippen molar-refractivity contribution in [2.45, 2.75) is 133 Å². The number of anilines is 2. The Bertz CT molecular complexity index is 2070. The van der Waals surface area contributed by atoms with Crippen molar-refractivity contribution in [2.24, 2.45) is 11.8 Å². The van der Waals surface area contributed by atoms with Crippen LogP contribution in [0.1, 0.15) is 125 Å². The molecule has 2 fully saturated rings. The number of nitrogens with two attached hydrogens (primary N) is 2. The van der Waals surface area contributed by atoms with E-state index in [-0.39, 0.29) is 62.0 Å². The smallest absolute Gasteiger partial charge is 0.389 e. The van der Waals surface area contributed by atoms with Gasteiger partial charge in [0.25, 0.3) is 0 Å². The van der Waals surface area contributed by atoms with E-state index in [4.69, 9.17) is 39.9 Å². The van der Waals surface area contributed by atoms with Gasteiger partial charge in [0.1, 0.15) is 24.7 Å². The number of esters is 4. The number of unbranched alkanes of at least 4 members (excludes halogenated alkanes) is 4. The molecule has 388 valence electrons. The van der Waals surface area contributed by atoms with E-state index in [2.05, 4.69) is 0 Å². The summed E-state index contributed by atoms with van der Waals surface area (Å²) in [6.45, 7) is 0.391. The Kier molecular flexibility index (Phi) is 22.3. The van der Waals surface area contributed by atoms with Crippen LogP contribution in [0.5, 0.6) is 11.5 Å². The van der Waals surface area contributed by atoms with Crippen molar-refractivity contribution in [2.75, 3.05) is 37.9 Å². The molecule has 71 heavy (non-hydrogen) atoms. The van der Waals surface area contributed by atoms with Crippen molar-refractivity contribution in [3.63, 3.8) is 0 Å². The van der Waals surface area contributed by atoms with Crippen molar-refractivity contribution < 1.29 is 73.9 Å². The fourth-order valence-corrected chi connectivity index (χ4v) is 8.30. The van der Waals surface area contributed by atoms with Gasteiger partial charge in [-0.15, -0.1) is 0 Å². The third-order valence-electron chi connectivity index (χ3n) is 12.4. The van der Waals surface area contributed by atoms with Gasteiger partial charge in [0.15, 0.2) is 0 Å². The van der Waals surface area contributed by atoms with E-state index in [1.54, 1.807) is 66.7 Å². The number of carbonyl (C=O) groups excluding carboxylic acids is 4. The third kappa shape index (κ3) is 21.6. The van der Waals surface area contributed by atoms with Crippen LogP contribution in [-0.2, 0) is 38.1 Å². The van der Waals surface area contributed by atoms with Crippen LogP contribution in [0.15, 0.2) is 78.9 Å². The molecule has 18 heteroatoms. The van der Waals surface area contributed by atoms with E-state index in [1.807, 2.05) is 0 Å². The number of carbonyl (C=O) groups is 4. The van der Waals surface area contributed by atoms with Crippen LogP contribution in [0.3, 0.4) is 0 Å². The zero-order valence-corrected chi connectivity index (χ0v) is 39.7. The monoisotopic (exact) mass is 1000 g/mol. The van der Waals surface area contributed by atoms with Crippen molar-refractivity contribution in [3.8, 4) is 11.5 Å². The summed E-state index contributed by atoms with van der Waals surface area (Å²) in [5.74, 6) is -2.64. The lowest BCUT2D eigenvalue weighted by atomic mass is 9.87. The van der Waals surface area contributed by atoms with E-state index < -0.39 is 43.1 Å². The summed E-state index contributed by atoms with van der Waals surface area (Å²) < 4.78 is 108. The second-order valence-corrected chi connectivity index (χ2v) is 18.0. The first-order valence-corrected chi connectivity index (χ1v) is 24.2. The minimum Gasteiger partial charge on any atom is -0.462 e. The third-order valence-corrected chi connectivity index (χ3v) is 12.4. The minimum atomic E-state index is -4.14. The second kappa shape index (κ2) is 28.2. The largest absolute Gasteiger partial charge is 0.462 e. The highest BCUT2D eigenvalue weighted by Crippen LogP contribution is 2.31. The number of halogens is 6. The molecule has 0 aliphatic heterocycles. The second-order valence-electron chi connectivity index (χ2n) is 18.0. The lowest BCUT2D eigenvalue weighted by Gasteiger charge is -2.27. The normalized spacial score (nSPS) is 19.1.